The Hall–Kier alpha value is -5.68. The molecular formula is C57H63Ac2N7O8. The first-order valence-corrected chi connectivity index (χ1v) is 23.9. The number of carbonyl (C=O) groups is 3. The van der Waals surface area contributed by atoms with Crippen LogP contribution in [-0.4, -0.2) is 53.7 Å². The molecule has 7 aromatic rings. The minimum Gasteiger partial charge on any atom is -0.508 e. The summed E-state index contributed by atoms with van der Waals surface area (Å²) in [5, 5.41) is 57.4. The smallest absolute Gasteiger partial charge is 0.252 e. The molecule has 4 atom stereocenters. The molecule has 1 fully saturated rings. The Balaban J connectivity index is 0.000000298. The number of fused-ring (bicyclic) bond motifs is 1. The van der Waals surface area contributed by atoms with Crippen molar-refractivity contribution in [2.24, 2.45) is 29.2 Å². The van der Waals surface area contributed by atoms with Crippen LogP contribution in [0.4, 0.5) is 0 Å². The van der Waals surface area contributed by atoms with E-state index in [1.807, 2.05) is 31.2 Å². The molecule has 0 aliphatic heterocycles. The number of nitrogens with zero attached hydrogens (tertiary/aromatic N) is 4. The molecule has 2 heterocycles. The van der Waals surface area contributed by atoms with E-state index >= 15 is 0 Å². The van der Waals surface area contributed by atoms with Gasteiger partial charge in [0.05, 0.1) is 35.0 Å². The number of phenolic OH excluding ortho intramolecular Hbond substituents is 4. The number of primary amides is 2. The number of hydrogen-bond donors (Lipinski definition) is 7. The number of amides is 3. The first kappa shape index (κ1) is 62.6. The summed E-state index contributed by atoms with van der Waals surface area (Å²) in [6.07, 6.45) is 11.6. The number of nitrogens with one attached hydrogen (secondary N) is 1. The number of aromatic hydroxyl groups is 4. The summed E-state index contributed by atoms with van der Waals surface area (Å²) in [6.45, 7) is 5.46. The third kappa shape index (κ3) is 20.2. The number of nitriles is 2. The summed E-state index contributed by atoms with van der Waals surface area (Å²) >= 11 is 0. The summed E-state index contributed by atoms with van der Waals surface area (Å²) in [4.78, 5) is 39.3. The van der Waals surface area contributed by atoms with Gasteiger partial charge in [0.1, 0.15) is 41.1 Å². The van der Waals surface area contributed by atoms with Crippen LogP contribution < -0.4 is 16.8 Å². The minimum absolute atomic E-state index is 0. The maximum absolute atomic E-state index is 13.0. The molecule has 74 heavy (non-hydrogen) atoms. The molecule has 1 aliphatic carbocycles. The van der Waals surface area contributed by atoms with Crippen molar-refractivity contribution in [3.8, 4) is 46.5 Å². The van der Waals surface area contributed by atoms with Gasteiger partial charge in [-0.15, -0.1) is 0 Å². The second kappa shape index (κ2) is 31.9. The molecule has 0 spiro atoms. The molecule has 0 saturated heterocycles. The zero-order valence-electron chi connectivity index (χ0n) is 42.0. The van der Waals surface area contributed by atoms with Crippen LogP contribution in [-0.2, 0) is 35.3 Å². The minimum atomic E-state index is -0.686. The molecule has 9 N–H and O–H groups in total. The maximum Gasteiger partial charge on any atom is 0.252 e. The molecule has 1 aliphatic rings. The SMILES string of the molecule is C[C@@H](Cc1ccc(O)cc1)C(N)=O.C[C@@H](Cc1ccc(O)cc1)C(N)=O.C[C@H](C#N)Cc1ccc(O)cc1.N#C[C@H](Cc1ccc(O)cc1)NC(=O)c1ccc2c(c1)nc(-c1ccoc1)n2C1CCCCC1.[Ac].[Ac]. The van der Waals surface area contributed by atoms with Crippen molar-refractivity contribution in [1.29, 1.82) is 10.5 Å². The van der Waals surface area contributed by atoms with Crippen molar-refractivity contribution in [2.45, 2.75) is 90.6 Å². The molecule has 17 heteroatoms. The summed E-state index contributed by atoms with van der Waals surface area (Å²) in [5.74, 6) is 0.552. The van der Waals surface area contributed by atoms with E-state index in [0.29, 0.717) is 30.9 Å². The van der Waals surface area contributed by atoms with Gasteiger partial charge in [0.2, 0.25) is 11.8 Å². The largest absolute Gasteiger partial charge is 0.508 e. The Kier molecular flexibility index (Phi) is 27.0. The molecule has 8 rings (SSSR count). The van der Waals surface area contributed by atoms with Gasteiger partial charge in [0.25, 0.3) is 5.91 Å². The number of benzene rings is 5. The van der Waals surface area contributed by atoms with Gasteiger partial charge in [-0.1, -0.05) is 81.6 Å². The summed E-state index contributed by atoms with van der Waals surface area (Å²) in [6, 6.07) is 38.6. The number of hydrogen-bond acceptors (Lipinski definition) is 11. The Morgan fingerprint density at radius 3 is 1.50 bits per heavy atom. The standard InChI is InChI=1S/C27H26N4O3.2C10H13NO2.C10H11NO.2Ac/c28-16-21(14-18-6-9-23(32)10-7-18)29-27(33)19-8-11-25-24(15-19)30-26(20-12-13-34-17-20)31(25)22-4-2-1-3-5-22;2*1-7(10(11)13)6-8-2-4-9(12)5-3-8;1-8(7-11)6-9-2-4-10(12)5-3-9;;/h6-13,15,17,21-22,32H,1-5,14H2,(H,29,33);2*2-5,7,12H,6H2,1H3,(H2,11,13);2-5,8,12H,6H2,1H3;;/t21-;2*7-;8-;;/m0000../s1. The van der Waals surface area contributed by atoms with E-state index in [2.05, 4.69) is 22.0 Å². The van der Waals surface area contributed by atoms with Crippen molar-refractivity contribution in [3.05, 3.63) is 162 Å². The number of aromatic nitrogens is 2. The number of furan rings is 1. The van der Waals surface area contributed by atoms with Crippen molar-refractivity contribution >= 4 is 28.8 Å². The Morgan fingerprint density at radius 2 is 1.09 bits per heavy atom. The monoisotopic (exact) mass is 1430 g/mol. The molecule has 15 nitrogen and oxygen atoms in total. The van der Waals surface area contributed by atoms with E-state index in [1.165, 1.54) is 19.3 Å². The fourth-order valence-corrected chi connectivity index (χ4v) is 7.99. The summed E-state index contributed by atoms with van der Waals surface area (Å²) < 4.78 is 7.61. The van der Waals surface area contributed by atoms with E-state index in [0.717, 1.165) is 63.9 Å². The van der Waals surface area contributed by atoms with Crippen molar-refractivity contribution in [3.63, 3.8) is 0 Å². The van der Waals surface area contributed by atoms with E-state index in [4.69, 9.17) is 41.4 Å². The second-order valence-corrected chi connectivity index (χ2v) is 18.1. The van der Waals surface area contributed by atoms with E-state index in [9.17, 15) is 24.8 Å². The third-order valence-electron chi connectivity index (χ3n) is 12.1. The van der Waals surface area contributed by atoms with Crippen molar-refractivity contribution < 1.29 is 127 Å². The molecule has 5 aromatic carbocycles. The zero-order valence-corrected chi connectivity index (χ0v) is 51.5. The molecule has 0 bridgehead atoms. The topological polar surface area (TPSA) is 275 Å². The number of carbonyl (C=O) groups excluding carboxylic acids is 3. The van der Waals surface area contributed by atoms with Gasteiger partial charge in [-0.3, -0.25) is 14.4 Å². The second-order valence-electron chi connectivity index (χ2n) is 18.1. The molecule has 1 saturated carbocycles. The zero-order chi connectivity index (χ0) is 52.2. The molecule has 2 aromatic heterocycles. The van der Waals surface area contributed by atoms with Gasteiger partial charge in [-0.25, -0.2) is 4.98 Å². The van der Waals surface area contributed by atoms with Crippen LogP contribution in [0.25, 0.3) is 22.4 Å². The fraction of sp³-hybridized carbons (Fsp3) is 0.298. The number of rotatable bonds is 14. The fourth-order valence-electron chi connectivity index (χ4n) is 7.99. The van der Waals surface area contributed by atoms with Gasteiger partial charge in [0.15, 0.2) is 0 Å². The van der Waals surface area contributed by atoms with Gasteiger partial charge < -0.3 is 46.2 Å². The van der Waals surface area contributed by atoms with Crippen LogP contribution in [0.1, 0.15) is 91.5 Å². The Bertz CT molecular complexity index is 2850. The van der Waals surface area contributed by atoms with Crippen LogP contribution in [0, 0.1) is 129 Å². The first-order valence-electron chi connectivity index (χ1n) is 23.9. The van der Waals surface area contributed by atoms with E-state index in [1.54, 1.807) is 123 Å². The van der Waals surface area contributed by atoms with Crippen LogP contribution >= 0.6 is 0 Å². The maximum atomic E-state index is 13.0. The molecule has 380 valence electrons. The quantitative estimate of drug-likeness (QED) is 0.0538. The number of phenols is 4. The van der Waals surface area contributed by atoms with Gasteiger partial charge in [0, 0.05) is 124 Å². The van der Waals surface area contributed by atoms with Crippen molar-refractivity contribution in [2.75, 3.05) is 0 Å². The van der Waals surface area contributed by atoms with Gasteiger partial charge >= 0.3 is 0 Å². The Morgan fingerprint density at radius 1 is 0.649 bits per heavy atom. The summed E-state index contributed by atoms with van der Waals surface area (Å²) in [7, 11) is 0. The van der Waals surface area contributed by atoms with Gasteiger partial charge in [-0.05, 0) is 134 Å². The average Bonchev–Trinajstić information content (AvgIpc) is 4.06. The normalized spacial score (nSPS) is 13.3. The van der Waals surface area contributed by atoms with E-state index < -0.39 is 6.04 Å². The van der Waals surface area contributed by atoms with Crippen molar-refractivity contribution in [1.82, 2.24) is 14.9 Å². The summed E-state index contributed by atoms with van der Waals surface area (Å²) in [5.41, 5.74) is 17.3. The van der Waals surface area contributed by atoms with Gasteiger partial charge in [-0.2, -0.15) is 10.5 Å². The third-order valence-corrected chi connectivity index (χ3v) is 12.1. The number of imidazole rings is 1. The molecule has 3 amide bonds. The first-order chi connectivity index (χ1) is 34.5. The predicted molar refractivity (Wildman–Crippen MR) is 275 cm³/mol. The number of nitrogens with two attached hydrogens (primary N) is 2. The molecule has 2 radical (unpaired) electrons. The van der Waals surface area contributed by atoms with Crippen LogP contribution in [0.5, 0.6) is 23.0 Å². The molecular weight excluding hydrogens is 1360 g/mol. The molecule has 0 unspecified atom stereocenters. The van der Waals surface area contributed by atoms with E-state index in [-0.39, 0.29) is 147 Å². The van der Waals surface area contributed by atoms with Crippen LogP contribution in [0.15, 0.2) is 138 Å². The Labute approximate surface area is 504 Å². The predicted octanol–water partition coefficient (Wildman–Crippen LogP) is 9.58. The van der Waals surface area contributed by atoms with Crippen LogP contribution in [0.2, 0.25) is 0 Å². The average molecular weight is 1430 g/mol. The van der Waals surface area contributed by atoms with Crippen LogP contribution in [0.3, 0.4) is 0 Å².